The predicted octanol–water partition coefficient (Wildman–Crippen LogP) is 2.91. The summed E-state index contributed by atoms with van der Waals surface area (Å²) in [4.78, 5) is 4.49. The molecule has 0 aliphatic rings. The number of ether oxygens (including phenoxy) is 1. The van der Waals surface area contributed by atoms with Crippen LogP contribution < -0.4 is 10.5 Å². The number of hydrogen-bond acceptors (Lipinski definition) is 4. The predicted molar refractivity (Wildman–Crippen MR) is 71.5 cm³/mol. The first-order valence-electron chi connectivity index (χ1n) is 5.69. The summed E-state index contributed by atoms with van der Waals surface area (Å²) < 4.78 is 5.62. The standard InChI is InChI=1S/C13H16N2OS/c1-2-13-15-11(9-17-13)7-8-16-12-5-3-10(14)4-6-12/h3-6,9H,2,7-8,14H2,1H3. The van der Waals surface area contributed by atoms with Gasteiger partial charge in [-0.2, -0.15) is 0 Å². The second-order valence-corrected chi connectivity index (χ2v) is 4.70. The number of hydrogen-bond donors (Lipinski definition) is 1. The van der Waals surface area contributed by atoms with E-state index in [9.17, 15) is 0 Å². The molecule has 1 heterocycles. The molecule has 2 N–H and O–H groups in total. The van der Waals surface area contributed by atoms with Gasteiger partial charge < -0.3 is 10.5 Å². The van der Waals surface area contributed by atoms with Crippen molar-refractivity contribution in [3.05, 3.63) is 40.3 Å². The summed E-state index contributed by atoms with van der Waals surface area (Å²) in [6.07, 6.45) is 1.85. The number of aryl methyl sites for hydroxylation is 1. The first kappa shape index (κ1) is 11.9. The molecule has 0 spiro atoms. The van der Waals surface area contributed by atoms with Gasteiger partial charge in [0.2, 0.25) is 0 Å². The van der Waals surface area contributed by atoms with Gasteiger partial charge in [-0.05, 0) is 30.7 Å². The molecular formula is C13H16N2OS. The quantitative estimate of drug-likeness (QED) is 0.828. The van der Waals surface area contributed by atoms with Crippen LogP contribution in [0.5, 0.6) is 5.75 Å². The molecule has 2 aromatic rings. The van der Waals surface area contributed by atoms with Gasteiger partial charge >= 0.3 is 0 Å². The van der Waals surface area contributed by atoms with Crippen LogP contribution in [0.3, 0.4) is 0 Å². The van der Waals surface area contributed by atoms with Gasteiger partial charge in [-0.1, -0.05) is 6.92 Å². The third kappa shape index (κ3) is 3.46. The Hall–Kier alpha value is -1.55. The highest BCUT2D eigenvalue weighted by molar-refractivity contribution is 7.09. The van der Waals surface area contributed by atoms with E-state index >= 15 is 0 Å². The van der Waals surface area contributed by atoms with Crippen molar-refractivity contribution < 1.29 is 4.74 Å². The van der Waals surface area contributed by atoms with E-state index in [1.807, 2.05) is 24.3 Å². The van der Waals surface area contributed by atoms with E-state index in [0.717, 1.165) is 30.0 Å². The summed E-state index contributed by atoms with van der Waals surface area (Å²) >= 11 is 1.71. The maximum Gasteiger partial charge on any atom is 0.119 e. The van der Waals surface area contributed by atoms with E-state index in [1.165, 1.54) is 5.01 Å². The van der Waals surface area contributed by atoms with Crippen molar-refractivity contribution in [1.82, 2.24) is 4.98 Å². The van der Waals surface area contributed by atoms with Crippen LogP contribution in [0.2, 0.25) is 0 Å². The molecule has 17 heavy (non-hydrogen) atoms. The van der Waals surface area contributed by atoms with Crippen molar-refractivity contribution in [1.29, 1.82) is 0 Å². The summed E-state index contributed by atoms with van der Waals surface area (Å²) in [6.45, 7) is 2.77. The minimum atomic E-state index is 0.650. The Kier molecular flexibility index (Phi) is 3.98. The van der Waals surface area contributed by atoms with E-state index < -0.39 is 0 Å². The van der Waals surface area contributed by atoms with E-state index in [0.29, 0.717) is 6.61 Å². The highest BCUT2D eigenvalue weighted by Crippen LogP contribution is 2.14. The highest BCUT2D eigenvalue weighted by atomic mass is 32.1. The van der Waals surface area contributed by atoms with Crippen LogP contribution in [0.1, 0.15) is 17.6 Å². The Morgan fingerprint density at radius 3 is 2.71 bits per heavy atom. The van der Waals surface area contributed by atoms with Crippen LogP contribution in [-0.2, 0) is 12.8 Å². The van der Waals surface area contributed by atoms with Crippen LogP contribution in [0.4, 0.5) is 5.69 Å². The summed E-state index contributed by atoms with van der Waals surface area (Å²) in [5, 5.41) is 3.29. The number of nitrogen functional groups attached to an aromatic ring is 1. The van der Waals surface area contributed by atoms with Crippen LogP contribution >= 0.6 is 11.3 Å². The first-order chi connectivity index (χ1) is 8.28. The molecule has 2 rings (SSSR count). The number of anilines is 1. The van der Waals surface area contributed by atoms with Crippen LogP contribution in [0.25, 0.3) is 0 Å². The lowest BCUT2D eigenvalue weighted by molar-refractivity contribution is 0.321. The molecule has 0 aliphatic heterocycles. The fourth-order valence-corrected chi connectivity index (χ4v) is 2.24. The van der Waals surface area contributed by atoms with Crippen LogP contribution in [0.15, 0.2) is 29.6 Å². The van der Waals surface area contributed by atoms with Gasteiger partial charge in [-0.3, -0.25) is 0 Å². The lowest BCUT2D eigenvalue weighted by atomic mass is 10.3. The fourth-order valence-electron chi connectivity index (χ4n) is 1.46. The van der Waals surface area contributed by atoms with Crippen LogP contribution in [-0.4, -0.2) is 11.6 Å². The van der Waals surface area contributed by atoms with Gasteiger partial charge in [0.1, 0.15) is 5.75 Å². The molecule has 90 valence electrons. The largest absolute Gasteiger partial charge is 0.493 e. The molecule has 0 atom stereocenters. The number of aromatic nitrogens is 1. The maximum absolute atomic E-state index is 5.62. The third-order valence-electron chi connectivity index (χ3n) is 2.41. The molecule has 0 saturated carbocycles. The van der Waals surface area contributed by atoms with E-state index in [2.05, 4.69) is 17.3 Å². The van der Waals surface area contributed by atoms with Gasteiger partial charge in [0.15, 0.2) is 0 Å². The number of nitrogens with two attached hydrogens (primary N) is 1. The van der Waals surface area contributed by atoms with Crippen molar-refractivity contribution in [2.75, 3.05) is 12.3 Å². The molecular weight excluding hydrogens is 232 g/mol. The summed E-state index contributed by atoms with van der Waals surface area (Å²) in [5.41, 5.74) is 7.47. The average molecular weight is 248 g/mol. The zero-order valence-corrected chi connectivity index (χ0v) is 10.7. The molecule has 0 amide bonds. The van der Waals surface area contributed by atoms with Gasteiger partial charge in [0, 0.05) is 17.5 Å². The Morgan fingerprint density at radius 2 is 2.06 bits per heavy atom. The lowest BCUT2D eigenvalue weighted by Crippen LogP contribution is -2.01. The first-order valence-corrected chi connectivity index (χ1v) is 6.57. The summed E-state index contributed by atoms with van der Waals surface area (Å²) in [7, 11) is 0. The number of nitrogens with zero attached hydrogens (tertiary/aromatic N) is 1. The van der Waals surface area contributed by atoms with E-state index in [-0.39, 0.29) is 0 Å². The maximum atomic E-state index is 5.62. The zero-order chi connectivity index (χ0) is 12.1. The molecule has 1 aromatic carbocycles. The number of thiazole rings is 1. The van der Waals surface area contributed by atoms with Crippen molar-refractivity contribution >= 4 is 17.0 Å². The topological polar surface area (TPSA) is 48.1 Å². The normalized spacial score (nSPS) is 10.4. The molecule has 0 saturated heterocycles. The van der Waals surface area contributed by atoms with Crippen molar-refractivity contribution in [3.63, 3.8) is 0 Å². The molecule has 0 radical (unpaired) electrons. The third-order valence-corrected chi connectivity index (χ3v) is 3.45. The van der Waals surface area contributed by atoms with Gasteiger partial charge in [-0.25, -0.2) is 4.98 Å². The number of rotatable bonds is 5. The highest BCUT2D eigenvalue weighted by Gasteiger charge is 2.00. The molecule has 0 unspecified atom stereocenters. The fraction of sp³-hybridized carbons (Fsp3) is 0.308. The van der Waals surface area contributed by atoms with Gasteiger partial charge in [0.25, 0.3) is 0 Å². The van der Waals surface area contributed by atoms with Crippen molar-refractivity contribution in [2.45, 2.75) is 19.8 Å². The Bertz CT molecular complexity index is 465. The van der Waals surface area contributed by atoms with E-state index in [1.54, 1.807) is 11.3 Å². The van der Waals surface area contributed by atoms with Crippen molar-refractivity contribution in [2.24, 2.45) is 0 Å². The molecule has 4 heteroatoms. The Balaban J connectivity index is 1.81. The average Bonchev–Trinajstić information content (AvgIpc) is 2.80. The van der Waals surface area contributed by atoms with E-state index in [4.69, 9.17) is 10.5 Å². The summed E-state index contributed by atoms with van der Waals surface area (Å²) in [6, 6.07) is 7.45. The monoisotopic (exact) mass is 248 g/mol. The Morgan fingerprint density at radius 1 is 1.29 bits per heavy atom. The molecule has 0 aliphatic carbocycles. The second kappa shape index (κ2) is 5.68. The van der Waals surface area contributed by atoms with Crippen molar-refractivity contribution in [3.8, 4) is 5.75 Å². The minimum absolute atomic E-state index is 0.650. The zero-order valence-electron chi connectivity index (χ0n) is 9.85. The molecule has 0 bridgehead atoms. The van der Waals surface area contributed by atoms with Gasteiger partial charge in [-0.15, -0.1) is 11.3 Å². The molecule has 0 fully saturated rings. The van der Waals surface area contributed by atoms with Crippen LogP contribution in [0, 0.1) is 0 Å². The smallest absolute Gasteiger partial charge is 0.119 e. The molecule has 3 nitrogen and oxygen atoms in total. The summed E-state index contributed by atoms with van der Waals surface area (Å²) in [5.74, 6) is 0.852. The minimum Gasteiger partial charge on any atom is -0.493 e. The number of benzene rings is 1. The lowest BCUT2D eigenvalue weighted by Gasteiger charge is -2.04. The molecule has 1 aromatic heterocycles. The Labute approximate surface area is 105 Å². The van der Waals surface area contributed by atoms with Gasteiger partial charge in [0.05, 0.1) is 17.3 Å². The second-order valence-electron chi connectivity index (χ2n) is 3.75. The SMILES string of the molecule is CCc1nc(CCOc2ccc(N)cc2)cs1.